The Bertz CT molecular complexity index is 587. The molecular formula is C11H14N4O2S. The molecule has 96 valence electrons. The quantitative estimate of drug-likeness (QED) is 0.662. The third kappa shape index (κ3) is 1.89. The Morgan fingerprint density at radius 2 is 2.50 bits per heavy atom. The van der Waals surface area contributed by atoms with Gasteiger partial charge in [-0.3, -0.25) is 0 Å². The summed E-state index contributed by atoms with van der Waals surface area (Å²) in [4.78, 5) is 15.9. The van der Waals surface area contributed by atoms with Crippen molar-refractivity contribution in [3.8, 4) is 0 Å². The molecule has 1 N–H and O–H groups in total. The number of nitrogens with one attached hydrogen (secondary N) is 1. The van der Waals surface area contributed by atoms with Crippen LogP contribution < -0.4 is 5.32 Å². The summed E-state index contributed by atoms with van der Waals surface area (Å²) in [6, 6.07) is 0.299. The maximum atomic E-state index is 11.2. The maximum absolute atomic E-state index is 11.2. The van der Waals surface area contributed by atoms with Gasteiger partial charge in [-0.1, -0.05) is 11.3 Å². The lowest BCUT2D eigenvalue weighted by Gasteiger charge is -2.13. The van der Waals surface area contributed by atoms with Crippen LogP contribution in [0.2, 0.25) is 0 Å². The van der Waals surface area contributed by atoms with Gasteiger partial charge in [0.15, 0.2) is 0 Å². The lowest BCUT2D eigenvalue weighted by atomic mass is 10.1. The Kier molecular flexibility index (Phi) is 2.79. The molecular weight excluding hydrogens is 252 g/mol. The van der Waals surface area contributed by atoms with Crippen LogP contribution in [0.3, 0.4) is 0 Å². The van der Waals surface area contributed by atoms with Gasteiger partial charge in [-0.05, 0) is 30.7 Å². The van der Waals surface area contributed by atoms with Gasteiger partial charge < -0.3 is 15.4 Å². The fraction of sp³-hybridized carbons (Fsp3) is 0.545. The normalized spacial score (nSPS) is 17.2. The van der Waals surface area contributed by atoms with Gasteiger partial charge in [0.25, 0.3) is 4.96 Å². The van der Waals surface area contributed by atoms with Gasteiger partial charge in [-0.25, -0.2) is 0 Å². The standard InChI is InChI=1S/C11H14N4O2S/c1-12-8(7-2-3-7)6-9-10(15(16)17)14-4-5-18-11(14)13-9/h4-5,7-8,12H,2-3,6H2,1H3. The maximum Gasteiger partial charge on any atom is 0.351 e. The van der Waals surface area contributed by atoms with E-state index in [9.17, 15) is 10.1 Å². The first-order valence-corrected chi connectivity index (χ1v) is 6.84. The second-order valence-corrected chi connectivity index (χ2v) is 5.50. The Hall–Kier alpha value is -1.47. The van der Waals surface area contributed by atoms with Gasteiger partial charge in [-0.15, -0.1) is 0 Å². The molecule has 0 radical (unpaired) electrons. The van der Waals surface area contributed by atoms with Crippen molar-refractivity contribution in [2.75, 3.05) is 7.05 Å². The molecule has 2 aromatic rings. The molecule has 0 bridgehead atoms. The summed E-state index contributed by atoms with van der Waals surface area (Å²) in [5.41, 5.74) is 0.595. The Balaban J connectivity index is 1.96. The number of likely N-dealkylation sites (N-methyl/N-ethyl adjacent to an activating group) is 1. The number of hydrogen-bond donors (Lipinski definition) is 1. The molecule has 1 unspecified atom stereocenters. The molecule has 0 saturated heterocycles. The number of nitrogens with zero attached hydrogens (tertiary/aromatic N) is 3. The Morgan fingerprint density at radius 3 is 3.11 bits per heavy atom. The van der Waals surface area contributed by atoms with Crippen LogP contribution >= 0.6 is 11.3 Å². The van der Waals surface area contributed by atoms with Crippen LogP contribution in [0, 0.1) is 16.0 Å². The largest absolute Gasteiger partial charge is 0.358 e. The van der Waals surface area contributed by atoms with E-state index >= 15 is 0 Å². The molecule has 2 aromatic heterocycles. The second-order valence-electron chi connectivity index (χ2n) is 4.63. The van der Waals surface area contributed by atoms with Crippen molar-refractivity contribution >= 4 is 22.1 Å². The van der Waals surface area contributed by atoms with E-state index in [0.717, 1.165) is 0 Å². The predicted octanol–water partition coefficient (Wildman–Crippen LogP) is 1.84. The molecule has 3 rings (SSSR count). The number of hydrogen-bond acceptors (Lipinski definition) is 5. The highest BCUT2D eigenvalue weighted by Gasteiger charge is 2.33. The summed E-state index contributed by atoms with van der Waals surface area (Å²) in [7, 11) is 1.91. The molecule has 1 saturated carbocycles. The summed E-state index contributed by atoms with van der Waals surface area (Å²) >= 11 is 1.43. The van der Waals surface area contributed by atoms with Gasteiger partial charge in [0.1, 0.15) is 11.9 Å². The van der Waals surface area contributed by atoms with E-state index in [1.54, 1.807) is 10.6 Å². The molecule has 18 heavy (non-hydrogen) atoms. The molecule has 0 spiro atoms. The lowest BCUT2D eigenvalue weighted by Crippen LogP contribution is -2.30. The molecule has 7 heteroatoms. The molecule has 2 heterocycles. The van der Waals surface area contributed by atoms with Crippen molar-refractivity contribution in [2.45, 2.75) is 25.3 Å². The monoisotopic (exact) mass is 266 g/mol. The van der Waals surface area contributed by atoms with Gasteiger partial charge in [0, 0.05) is 17.8 Å². The van der Waals surface area contributed by atoms with Crippen LogP contribution in [0.15, 0.2) is 11.6 Å². The van der Waals surface area contributed by atoms with Crippen molar-refractivity contribution < 1.29 is 4.92 Å². The average molecular weight is 266 g/mol. The Morgan fingerprint density at radius 1 is 1.72 bits per heavy atom. The van der Waals surface area contributed by atoms with Crippen LogP contribution in [-0.2, 0) is 6.42 Å². The zero-order valence-corrected chi connectivity index (χ0v) is 10.8. The number of imidazole rings is 1. The minimum Gasteiger partial charge on any atom is -0.358 e. The van der Waals surface area contributed by atoms with Gasteiger partial charge in [0.2, 0.25) is 0 Å². The molecule has 1 aliphatic rings. The fourth-order valence-corrected chi connectivity index (χ4v) is 3.09. The van der Waals surface area contributed by atoms with E-state index in [4.69, 9.17) is 0 Å². The highest BCUT2D eigenvalue weighted by Crippen LogP contribution is 2.35. The minimum absolute atomic E-state index is 0.118. The summed E-state index contributed by atoms with van der Waals surface area (Å²) in [6.07, 6.45) is 4.76. The smallest absolute Gasteiger partial charge is 0.351 e. The SMILES string of the molecule is CNC(Cc1nc2sccn2c1[N+](=O)[O-])C1CC1. The number of rotatable bonds is 5. The van der Waals surface area contributed by atoms with Crippen LogP contribution in [0.4, 0.5) is 5.82 Å². The number of aromatic nitrogens is 2. The van der Waals surface area contributed by atoms with Crippen molar-refractivity contribution in [3.05, 3.63) is 27.4 Å². The first kappa shape index (κ1) is 11.6. The molecule has 0 amide bonds. The lowest BCUT2D eigenvalue weighted by molar-refractivity contribution is -0.391. The van der Waals surface area contributed by atoms with Gasteiger partial charge in [0.05, 0.1) is 0 Å². The third-order valence-electron chi connectivity index (χ3n) is 3.45. The van der Waals surface area contributed by atoms with E-state index in [2.05, 4.69) is 10.3 Å². The Labute approximate surface area is 108 Å². The van der Waals surface area contributed by atoms with Crippen LogP contribution in [0.5, 0.6) is 0 Å². The van der Waals surface area contributed by atoms with E-state index < -0.39 is 0 Å². The van der Waals surface area contributed by atoms with Crippen molar-refractivity contribution in [3.63, 3.8) is 0 Å². The molecule has 1 fully saturated rings. The molecule has 0 aromatic carbocycles. The van der Waals surface area contributed by atoms with Gasteiger partial charge in [-0.2, -0.15) is 9.38 Å². The minimum atomic E-state index is -0.332. The zero-order chi connectivity index (χ0) is 12.7. The van der Waals surface area contributed by atoms with E-state index in [1.165, 1.54) is 24.2 Å². The zero-order valence-electron chi connectivity index (χ0n) is 10.00. The molecule has 1 atom stereocenters. The van der Waals surface area contributed by atoms with Crippen LogP contribution in [-0.4, -0.2) is 27.4 Å². The first-order valence-electron chi connectivity index (χ1n) is 5.96. The van der Waals surface area contributed by atoms with Crippen LogP contribution in [0.25, 0.3) is 4.96 Å². The average Bonchev–Trinajstić information content (AvgIpc) is 2.97. The van der Waals surface area contributed by atoms with Crippen molar-refractivity contribution in [1.82, 2.24) is 14.7 Å². The molecule has 6 nitrogen and oxygen atoms in total. The summed E-state index contributed by atoms with van der Waals surface area (Å²) < 4.78 is 1.57. The first-order chi connectivity index (χ1) is 8.70. The highest BCUT2D eigenvalue weighted by atomic mass is 32.1. The van der Waals surface area contributed by atoms with E-state index in [-0.39, 0.29) is 10.7 Å². The number of nitro groups is 1. The van der Waals surface area contributed by atoms with E-state index in [1.807, 2.05) is 12.4 Å². The van der Waals surface area contributed by atoms with E-state index in [0.29, 0.717) is 29.0 Å². The fourth-order valence-electron chi connectivity index (χ4n) is 2.36. The van der Waals surface area contributed by atoms with Crippen molar-refractivity contribution in [1.29, 1.82) is 0 Å². The summed E-state index contributed by atoms with van der Waals surface area (Å²) in [6.45, 7) is 0. The number of thiazole rings is 1. The summed E-state index contributed by atoms with van der Waals surface area (Å²) in [5.74, 6) is 0.765. The third-order valence-corrected chi connectivity index (χ3v) is 4.21. The molecule has 0 aliphatic heterocycles. The van der Waals surface area contributed by atoms with Gasteiger partial charge >= 0.3 is 5.82 Å². The summed E-state index contributed by atoms with van der Waals surface area (Å²) in [5, 5.41) is 16.2. The topological polar surface area (TPSA) is 72.5 Å². The predicted molar refractivity (Wildman–Crippen MR) is 69.0 cm³/mol. The second kappa shape index (κ2) is 4.33. The number of fused-ring (bicyclic) bond motifs is 1. The highest BCUT2D eigenvalue weighted by molar-refractivity contribution is 7.15. The van der Waals surface area contributed by atoms with Crippen molar-refractivity contribution in [2.24, 2.45) is 5.92 Å². The molecule has 1 aliphatic carbocycles. The van der Waals surface area contributed by atoms with Crippen LogP contribution in [0.1, 0.15) is 18.5 Å².